The number of rotatable bonds is 8. The molecule has 2 aromatic rings. The molecule has 0 aromatic heterocycles. The quantitative estimate of drug-likeness (QED) is 0.467. The summed E-state index contributed by atoms with van der Waals surface area (Å²) in [5.41, 5.74) is 0.467. The molecule has 0 aliphatic rings. The minimum absolute atomic E-state index is 0.000984. The molecule has 11 heteroatoms. The zero-order chi connectivity index (χ0) is 20.8. The lowest BCUT2D eigenvalue weighted by Gasteiger charge is -2.14. The number of anilines is 2. The van der Waals surface area contributed by atoms with Crippen LogP contribution in [0.1, 0.15) is 18.9 Å². The van der Waals surface area contributed by atoms with E-state index in [2.05, 4.69) is 10.6 Å². The SMILES string of the molecule is CCCNC(=O)Cc1cc([N+](=O)[O-])ccc1Nc1c(Cl)cc([N+](=O)[O-])cc1Cl. The van der Waals surface area contributed by atoms with Crippen molar-refractivity contribution in [3.05, 3.63) is 66.2 Å². The van der Waals surface area contributed by atoms with Crippen molar-refractivity contribution < 1.29 is 14.6 Å². The van der Waals surface area contributed by atoms with Gasteiger partial charge < -0.3 is 10.6 Å². The molecule has 0 heterocycles. The largest absolute Gasteiger partial charge is 0.356 e. The van der Waals surface area contributed by atoms with Crippen LogP contribution in [0.5, 0.6) is 0 Å². The van der Waals surface area contributed by atoms with E-state index in [1.165, 1.54) is 18.2 Å². The van der Waals surface area contributed by atoms with Gasteiger partial charge in [-0.25, -0.2) is 0 Å². The predicted octanol–water partition coefficient (Wildman–Crippen LogP) is 4.62. The molecule has 2 rings (SSSR count). The van der Waals surface area contributed by atoms with Crippen LogP contribution in [0.4, 0.5) is 22.7 Å². The van der Waals surface area contributed by atoms with E-state index in [1.807, 2.05) is 6.92 Å². The second kappa shape index (κ2) is 9.34. The van der Waals surface area contributed by atoms with Crippen molar-refractivity contribution in [2.45, 2.75) is 19.8 Å². The van der Waals surface area contributed by atoms with E-state index in [0.29, 0.717) is 17.8 Å². The summed E-state index contributed by atoms with van der Waals surface area (Å²) in [6.45, 7) is 2.38. The van der Waals surface area contributed by atoms with E-state index < -0.39 is 9.85 Å². The molecule has 0 atom stereocenters. The van der Waals surface area contributed by atoms with E-state index in [9.17, 15) is 25.0 Å². The Labute approximate surface area is 169 Å². The van der Waals surface area contributed by atoms with Gasteiger partial charge >= 0.3 is 0 Å². The molecule has 2 aromatic carbocycles. The molecular weight excluding hydrogens is 411 g/mol. The highest BCUT2D eigenvalue weighted by molar-refractivity contribution is 6.39. The fourth-order valence-electron chi connectivity index (χ4n) is 2.38. The summed E-state index contributed by atoms with van der Waals surface area (Å²) in [4.78, 5) is 32.8. The van der Waals surface area contributed by atoms with Crippen LogP contribution in [0.2, 0.25) is 10.0 Å². The molecule has 0 aliphatic carbocycles. The van der Waals surface area contributed by atoms with Gasteiger partial charge in [0.2, 0.25) is 5.91 Å². The predicted molar refractivity (Wildman–Crippen MR) is 107 cm³/mol. The Morgan fingerprint density at radius 1 is 1.04 bits per heavy atom. The molecule has 148 valence electrons. The Morgan fingerprint density at radius 2 is 1.64 bits per heavy atom. The molecule has 0 saturated heterocycles. The fourth-order valence-corrected chi connectivity index (χ4v) is 2.95. The number of non-ortho nitro benzene ring substituents is 2. The molecule has 0 saturated carbocycles. The van der Waals surface area contributed by atoms with Crippen molar-refractivity contribution >= 4 is 51.9 Å². The lowest BCUT2D eigenvalue weighted by atomic mass is 10.1. The first kappa shape index (κ1) is 21.4. The summed E-state index contributed by atoms with van der Waals surface area (Å²) in [5.74, 6) is -0.300. The van der Waals surface area contributed by atoms with Gasteiger partial charge in [0.05, 0.1) is 32.0 Å². The van der Waals surface area contributed by atoms with Crippen LogP contribution >= 0.6 is 23.2 Å². The molecule has 9 nitrogen and oxygen atoms in total. The van der Waals surface area contributed by atoms with Crippen LogP contribution in [0.3, 0.4) is 0 Å². The smallest absolute Gasteiger partial charge is 0.272 e. The summed E-state index contributed by atoms with van der Waals surface area (Å²) in [7, 11) is 0. The summed E-state index contributed by atoms with van der Waals surface area (Å²) < 4.78 is 0. The second-order valence-corrected chi connectivity index (χ2v) is 6.61. The van der Waals surface area contributed by atoms with Gasteiger partial charge in [0, 0.05) is 36.5 Å². The summed E-state index contributed by atoms with van der Waals surface area (Å²) >= 11 is 12.2. The Balaban J connectivity index is 2.40. The number of benzene rings is 2. The first-order valence-corrected chi connectivity index (χ1v) is 8.93. The number of carbonyl (C=O) groups is 1. The minimum Gasteiger partial charge on any atom is -0.356 e. The maximum atomic E-state index is 12.1. The highest BCUT2D eigenvalue weighted by Gasteiger charge is 2.18. The van der Waals surface area contributed by atoms with Crippen molar-refractivity contribution in [1.82, 2.24) is 5.32 Å². The van der Waals surface area contributed by atoms with Gasteiger partial charge in [0.15, 0.2) is 0 Å². The highest BCUT2D eigenvalue weighted by Crippen LogP contribution is 2.37. The van der Waals surface area contributed by atoms with Gasteiger partial charge in [0.25, 0.3) is 11.4 Å². The molecule has 2 N–H and O–H groups in total. The number of amides is 1. The average molecular weight is 427 g/mol. The van der Waals surface area contributed by atoms with E-state index in [-0.39, 0.29) is 39.4 Å². The lowest BCUT2D eigenvalue weighted by molar-refractivity contribution is -0.385. The molecule has 28 heavy (non-hydrogen) atoms. The Kier molecular flexibility index (Phi) is 7.13. The van der Waals surface area contributed by atoms with Crippen LogP contribution < -0.4 is 10.6 Å². The Morgan fingerprint density at radius 3 is 2.18 bits per heavy atom. The number of hydrogen-bond donors (Lipinski definition) is 2. The number of carbonyl (C=O) groups excluding carboxylic acids is 1. The first-order valence-electron chi connectivity index (χ1n) is 8.17. The molecule has 0 aliphatic heterocycles. The second-order valence-electron chi connectivity index (χ2n) is 5.79. The van der Waals surface area contributed by atoms with E-state index in [0.717, 1.165) is 18.6 Å². The standard InChI is InChI=1S/C17H16Cl2N4O5/c1-2-5-20-16(24)7-10-6-11(22(25)26)3-4-15(10)21-17-13(18)8-12(23(27)28)9-14(17)19/h3-4,6,8-9,21H,2,5,7H2,1H3,(H,20,24). The van der Waals surface area contributed by atoms with Crippen LogP contribution in [0, 0.1) is 20.2 Å². The molecule has 0 spiro atoms. The third kappa shape index (κ3) is 5.30. The van der Waals surface area contributed by atoms with Crippen LogP contribution in [-0.2, 0) is 11.2 Å². The van der Waals surface area contributed by atoms with Crippen LogP contribution in [0.15, 0.2) is 30.3 Å². The van der Waals surface area contributed by atoms with E-state index in [1.54, 1.807) is 0 Å². The Hall–Kier alpha value is -2.91. The fraction of sp³-hybridized carbons (Fsp3) is 0.235. The van der Waals surface area contributed by atoms with Crippen LogP contribution in [0.25, 0.3) is 0 Å². The molecule has 0 fully saturated rings. The number of nitro groups is 2. The molecule has 0 unspecified atom stereocenters. The molecule has 0 bridgehead atoms. The zero-order valence-electron chi connectivity index (χ0n) is 14.7. The first-order chi connectivity index (χ1) is 13.2. The number of nitrogens with zero attached hydrogens (tertiary/aromatic N) is 2. The van der Waals surface area contributed by atoms with Crippen molar-refractivity contribution in [2.75, 3.05) is 11.9 Å². The maximum absolute atomic E-state index is 12.1. The normalized spacial score (nSPS) is 10.4. The molecule has 0 radical (unpaired) electrons. The van der Waals surface area contributed by atoms with Crippen molar-refractivity contribution in [2.24, 2.45) is 0 Å². The van der Waals surface area contributed by atoms with Gasteiger partial charge in [-0.1, -0.05) is 30.1 Å². The lowest BCUT2D eigenvalue weighted by Crippen LogP contribution is -2.26. The van der Waals surface area contributed by atoms with Crippen molar-refractivity contribution in [3.63, 3.8) is 0 Å². The van der Waals surface area contributed by atoms with Crippen LogP contribution in [-0.4, -0.2) is 22.3 Å². The topological polar surface area (TPSA) is 127 Å². The van der Waals surface area contributed by atoms with Gasteiger partial charge in [-0.3, -0.25) is 25.0 Å². The van der Waals surface area contributed by atoms with Gasteiger partial charge in [0.1, 0.15) is 0 Å². The third-order valence-electron chi connectivity index (χ3n) is 3.72. The number of nitro benzene ring substituents is 2. The minimum atomic E-state index is -0.628. The average Bonchev–Trinajstić information content (AvgIpc) is 2.63. The Bertz CT molecular complexity index is 913. The maximum Gasteiger partial charge on any atom is 0.272 e. The molecule has 1 amide bonds. The van der Waals surface area contributed by atoms with Gasteiger partial charge in [-0.2, -0.15) is 0 Å². The summed E-state index contributed by atoms with van der Waals surface area (Å²) in [5, 5.41) is 27.6. The van der Waals surface area contributed by atoms with Gasteiger partial charge in [-0.05, 0) is 18.1 Å². The summed E-state index contributed by atoms with van der Waals surface area (Å²) in [6, 6.07) is 6.24. The number of halogens is 2. The zero-order valence-corrected chi connectivity index (χ0v) is 16.2. The van der Waals surface area contributed by atoms with Crippen molar-refractivity contribution in [3.8, 4) is 0 Å². The number of hydrogen-bond acceptors (Lipinski definition) is 6. The van der Waals surface area contributed by atoms with E-state index >= 15 is 0 Å². The third-order valence-corrected chi connectivity index (χ3v) is 4.32. The van der Waals surface area contributed by atoms with Gasteiger partial charge in [-0.15, -0.1) is 0 Å². The number of nitrogens with one attached hydrogen (secondary N) is 2. The monoisotopic (exact) mass is 426 g/mol. The molecular formula is C17H16Cl2N4O5. The summed E-state index contributed by atoms with van der Waals surface area (Å²) in [6.07, 6.45) is 0.645. The van der Waals surface area contributed by atoms with Crippen molar-refractivity contribution in [1.29, 1.82) is 0 Å². The van der Waals surface area contributed by atoms with E-state index in [4.69, 9.17) is 23.2 Å². The highest BCUT2D eigenvalue weighted by atomic mass is 35.5.